The molecule has 0 radical (unpaired) electrons. The largest absolute Gasteiger partial charge is 0.347 e. The van der Waals surface area contributed by atoms with Crippen LogP contribution in [0.2, 0.25) is 0 Å². The normalized spacial score (nSPS) is 17.9. The lowest BCUT2D eigenvalue weighted by Crippen LogP contribution is -2.49. The molecule has 1 N–H and O–H groups in total. The third-order valence-corrected chi connectivity index (χ3v) is 7.56. The molecule has 0 aliphatic carbocycles. The van der Waals surface area contributed by atoms with Crippen molar-refractivity contribution in [2.24, 2.45) is 4.99 Å². The molecule has 1 fully saturated rings. The Bertz CT molecular complexity index is 1260. The van der Waals surface area contributed by atoms with Gasteiger partial charge in [-0.3, -0.25) is 9.59 Å². The van der Waals surface area contributed by atoms with Crippen molar-refractivity contribution in [3.8, 4) is 0 Å². The van der Waals surface area contributed by atoms with Gasteiger partial charge in [-0.1, -0.05) is 6.07 Å². The number of carbonyl (C=O) groups excluding carboxylic acids is 2. The summed E-state index contributed by atoms with van der Waals surface area (Å²) in [6.07, 6.45) is 1.64. The van der Waals surface area contributed by atoms with E-state index in [1.807, 2.05) is 48.5 Å². The molecule has 1 unspecified atom stereocenters. The molecule has 2 aliphatic heterocycles. The molecular weight excluding hydrogens is 454 g/mol. The maximum Gasteiger partial charge on any atom is 0.264 e. The average molecular weight is 481 g/mol. The van der Waals surface area contributed by atoms with Crippen molar-refractivity contribution in [1.29, 1.82) is 0 Å². The summed E-state index contributed by atoms with van der Waals surface area (Å²) < 4.78 is 1.07. The summed E-state index contributed by atoms with van der Waals surface area (Å²) in [4.78, 5) is 37.0. The molecule has 9 heteroatoms. The smallest absolute Gasteiger partial charge is 0.264 e. The standard InChI is InChI=1S/C24H25N5O2S2/c1-15(30)28-8-10-29(11-9-28)23(31)21-13-19-20(33-21)7-6-16-14-25-24(27(2)22(16)19)26-17-4-3-5-18(32)12-17/h3-7,12-14,24,26,32H,8-11H2,1-2H3/p+1. The van der Waals surface area contributed by atoms with Crippen molar-refractivity contribution in [1.82, 2.24) is 9.80 Å². The fourth-order valence-corrected chi connectivity index (χ4v) is 5.65. The van der Waals surface area contributed by atoms with Crippen LogP contribution in [0.1, 0.15) is 22.2 Å². The summed E-state index contributed by atoms with van der Waals surface area (Å²) in [6.45, 7) is 3.88. The number of hydrogen-bond donors (Lipinski definition) is 1. The van der Waals surface area contributed by atoms with Gasteiger partial charge in [-0.05, 0) is 43.0 Å². The van der Waals surface area contributed by atoms with E-state index in [-0.39, 0.29) is 18.1 Å². The number of carbonyl (C=O) groups is 2. The van der Waals surface area contributed by atoms with Crippen LogP contribution in [0.3, 0.4) is 0 Å². The molecule has 170 valence electrons. The molecule has 2 amide bonds. The Kier molecular flexibility index (Phi) is 5.76. The number of benzene rings is 2. The summed E-state index contributed by atoms with van der Waals surface area (Å²) in [5, 5.41) is 4.52. The number of nitrogens with one attached hydrogen (secondary N) is 1. The fraction of sp³-hybridized carbons (Fsp3) is 0.292. The van der Waals surface area contributed by atoms with Crippen molar-refractivity contribution in [2.45, 2.75) is 18.1 Å². The van der Waals surface area contributed by atoms with Crippen molar-refractivity contribution in [3.63, 3.8) is 0 Å². The van der Waals surface area contributed by atoms with Gasteiger partial charge in [0.25, 0.3) is 5.91 Å². The van der Waals surface area contributed by atoms with Gasteiger partial charge in [0.1, 0.15) is 0 Å². The molecule has 1 aromatic heterocycles. The molecule has 3 aromatic rings. The van der Waals surface area contributed by atoms with Gasteiger partial charge in [0, 0.05) is 73.8 Å². The highest BCUT2D eigenvalue weighted by molar-refractivity contribution is 7.58. The average Bonchev–Trinajstić information content (AvgIpc) is 3.25. The van der Waals surface area contributed by atoms with E-state index in [0.717, 1.165) is 36.8 Å². The lowest BCUT2D eigenvalue weighted by molar-refractivity contribution is -0.130. The van der Waals surface area contributed by atoms with Crippen LogP contribution < -0.4 is 10.2 Å². The third-order valence-electron chi connectivity index (χ3n) is 6.16. The molecule has 0 bridgehead atoms. The first-order valence-electron chi connectivity index (χ1n) is 10.9. The summed E-state index contributed by atoms with van der Waals surface area (Å²) in [6, 6.07) is 14.1. The van der Waals surface area contributed by atoms with Gasteiger partial charge in [0.2, 0.25) is 5.91 Å². The molecule has 7 nitrogen and oxygen atoms in total. The van der Waals surface area contributed by atoms with Gasteiger partial charge < -0.3 is 20.0 Å². The summed E-state index contributed by atoms with van der Waals surface area (Å²) in [5.74, 6) is 0.0927. The fourth-order valence-electron chi connectivity index (χ4n) is 4.36. The second-order valence-corrected chi connectivity index (χ2v) is 9.97. The van der Waals surface area contributed by atoms with Crippen LogP contribution in [-0.2, 0) is 17.4 Å². The second-order valence-electron chi connectivity index (χ2n) is 8.31. The number of thiophene rings is 1. The highest BCUT2D eigenvalue weighted by atomic mass is 32.1. The van der Waals surface area contributed by atoms with Crippen LogP contribution in [0.5, 0.6) is 0 Å². The monoisotopic (exact) mass is 480 g/mol. The molecular formula is C24H26N5O2S2+. The van der Waals surface area contributed by atoms with Gasteiger partial charge in [-0.15, -0.1) is 11.3 Å². The highest BCUT2D eigenvalue weighted by Gasteiger charge is 2.27. The lowest BCUT2D eigenvalue weighted by Gasteiger charge is -2.34. The number of piperazine rings is 1. The quantitative estimate of drug-likeness (QED) is 0.586. The SMILES string of the molecule is CC(=O)N1CCN(C(=O)c2cc3c4c(ccc3s2)C=NC(Nc2cccc([SH2+])c2)N4C)CC1. The van der Waals surface area contributed by atoms with Crippen LogP contribution in [0.25, 0.3) is 10.1 Å². The van der Waals surface area contributed by atoms with Crippen LogP contribution in [-0.4, -0.2) is 67.3 Å². The Hall–Kier alpha value is -3.04. The molecule has 3 heterocycles. The zero-order chi connectivity index (χ0) is 23.1. The minimum absolute atomic E-state index is 0.0314. The number of hydrogen-bond acceptors (Lipinski definition) is 6. The Labute approximate surface area is 202 Å². The lowest BCUT2D eigenvalue weighted by atomic mass is 10.1. The summed E-state index contributed by atoms with van der Waals surface area (Å²) >= 11 is 5.09. The van der Waals surface area contributed by atoms with E-state index in [0.29, 0.717) is 26.2 Å². The van der Waals surface area contributed by atoms with Crippen LogP contribution in [0, 0.1) is 0 Å². The predicted octanol–water partition coefficient (Wildman–Crippen LogP) is 2.84. The minimum atomic E-state index is -0.254. The first kappa shape index (κ1) is 21.8. The van der Waals surface area contributed by atoms with Crippen LogP contribution >= 0.6 is 11.3 Å². The molecule has 0 saturated carbocycles. The molecule has 5 rings (SSSR count). The number of aliphatic imine (C=N–C) groups is 1. The molecule has 1 atom stereocenters. The van der Waals surface area contributed by atoms with Crippen molar-refractivity contribution >= 4 is 63.5 Å². The number of amides is 2. The van der Waals surface area contributed by atoms with E-state index in [1.54, 1.807) is 11.8 Å². The summed E-state index contributed by atoms with van der Waals surface area (Å²) in [5.41, 5.74) is 3.06. The Morgan fingerprint density at radius 1 is 1.09 bits per heavy atom. The molecule has 1 saturated heterocycles. The van der Waals surface area contributed by atoms with Crippen molar-refractivity contribution in [2.75, 3.05) is 43.4 Å². The van der Waals surface area contributed by atoms with Crippen LogP contribution in [0.4, 0.5) is 11.4 Å². The molecule has 0 spiro atoms. The van der Waals surface area contributed by atoms with Gasteiger partial charge in [0.15, 0.2) is 11.2 Å². The maximum absolute atomic E-state index is 13.2. The first-order chi connectivity index (χ1) is 15.9. The van der Waals surface area contributed by atoms with Gasteiger partial charge in [-0.2, -0.15) is 0 Å². The minimum Gasteiger partial charge on any atom is -0.347 e. The Morgan fingerprint density at radius 3 is 2.58 bits per heavy atom. The third kappa shape index (κ3) is 4.18. The van der Waals surface area contributed by atoms with E-state index in [9.17, 15) is 9.59 Å². The van der Waals surface area contributed by atoms with Gasteiger partial charge in [-0.25, -0.2) is 4.99 Å². The van der Waals surface area contributed by atoms with E-state index >= 15 is 0 Å². The highest BCUT2D eigenvalue weighted by Crippen LogP contribution is 2.38. The number of fused-ring (bicyclic) bond motifs is 3. The molecule has 2 aromatic carbocycles. The van der Waals surface area contributed by atoms with Gasteiger partial charge >= 0.3 is 0 Å². The van der Waals surface area contributed by atoms with E-state index in [4.69, 9.17) is 4.99 Å². The van der Waals surface area contributed by atoms with E-state index in [1.165, 1.54) is 11.3 Å². The van der Waals surface area contributed by atoms with Crippen molar-refractivity contribution in [3.05, 3.63) is 52.9 Å². The number of rotatable bonds is 3. The zero-order valence-electron chi connectivity index (χ0n) is 18.5. The Balaban J connectivity index is 1.41. The molecule has 33 heavy (non-hydrogen) atoms. The van der Waals surface area contributed by atoms with Gasteiger partial charge in [0.05, 0.1) is 10.6 Å². The molecule has 2 aliphatic rings. The topological polar surface area (TPSA) is 68.2 Å². The van der Waals surface area contributed by atoms with Crippen molar-refractivity contribution < 1.29 is 9.59 Å². The maximum atomic E-state index is 13.2. The summed E-state index contributed by atoms with van der Waals surface area (Å²) in [7, 11) is 2.02. The van der Waals surface area contributed by atoms with Crippen LogP contribution in [0.15, 0.2) is 52.4 Å². The second kappa shape index (κ2) is 8.72. The van der Waals surface area contributed by atoms with E-state index in [2.05, 4.69) is 35.0 Å². The number of anilines is 2. The predicted molar refractivity (Wildman–Crippen MR) is 138 cm³/mol. The number of nitrogens with zero attached hydrogens (tertiary/aromatic N) is 4. The first-order valence-corrected chi connectivity index (χ1v) is 12.2. The zero-order valence-corrected chi connectivity index (χ0v) is 20.4. The van der Waals surface area contributed by atoms with E-state index < -0.39 is 0 Å². The Morgan fingerprint density at radius 2 is 1.85 bits per heavy atom.